The third kappa shape index (κ3) is 4.56. The fourth-order valence-corrected chi connectivity index (χ4v) is 4.31. The topological polar surface area (TPSA) is 147 Å². The first-order valence-electron chi connectivity index (χ1n) is 6.44. The molecule has 2 aromatic heterocycles. The SMILES string of the molecule is Cn1cc(C(NS(=O)(=O)c2[nH]c(C(=O)C(Cl)(Cl)Cl)cc2Br)C(=O)O)nn1. The van der Waals surface area contributed by atoms with E-state index in [9.17, 15) is 23.1 Å². The van der Waals surface area contributed by atoms with Crippen LogP contribution in [0.15, 0.2) is 21.8 Å². The zero-order chi connectivity index (χ0) is 19.9. The molecule has 2 rings (SSSR count). The number of rotatable bonds is 6. The van der Waals surface area contributed by atoms with Gasteiger partial charge in [0.2, 0.25) is 5.78 Å². The number of halogens is 4. The van der Waals surface area contributed by atoms with Crippen molar-refractivity contribution in [3.05, 3.63) is 28.1 Å². The smallest absolute Gasteiger partial charge is 0.328 e. The Morgan fingerprint density at radius 1 is 1.42 bits per heavy atom. The van der Waals surface area contributed by atoms with Crippen LogP contribution in [0.2, 0.25) is 0 Å². The number of alkyl halides is 3. The van der Waals surface area contributed by atoms with Gasteiger partial charge in [0.25, 0.3) is 13.8 Å². The molecule has 0 aliphatic rings. The molecular formula is C11H9BrCl3N5O5S. The van der Waals surface area contributed by atoms with Gasteiger partial charge in [-0.1, -0.05) is 40.0 Å². The number of hydrogen-bond acceptors (Lipinski definition) is 6. The quantitative estimate of drug-likeness (QED) is 0.396. The molecule has 10 nitrogen and oxygen atoms in total. The van der Waals surface area contributed by atoms with E-state index in [1.165, 1.54) is 17.9 Å². The Labute approximate surface area is 170 Å². The number of aromatic amines is 1. The van der Waals surface area contributed by atoms with Gasteiger partial charge in [-0.2, -0.15) is 4.72 Å². The number of carboxylic acids is 1. The molecule has 0 saturated heterocycles. The van der Waals surface area contributed by atoms with Gasteiger partial charge in [0.1, 0.15) is 5.69 Å². The summed E-state index contributed by atoms with van der Waals surface area (Å²) in [4.78, 5) is 25.6. The molecule has 2 aromatic rings. The van der Waals surface area contributed by atoms with Gasteiger partial charge >= 0.3 is 5.97 Å². The molecule has 0 saturated carbocycles. The van der Waals surface area contributed by atoms with Crippen molar-refractivity contribution >= 4 is 72.5 Å². The van der Waals surface area contributed by atoms with Crippen LogP contribution in [0.5, 0.6) is 0 Å². The first-order chi connectivity index (χ1) is 11.8. The highest BCUT2D eigenvalue weighted by molar-refractivity contribution is 9.10. The number of carbonyl (C=O) groups is 2. The molecule has 2 heterocycles. The fourth-order valence-electron chi connectivity index (χ4n) is 1.83. The lowest BCUT2D eigenvalue weighted by Gasteiger charge is -2.12. The zero-order valence-electron chi connectivity index (χ0n) is 12.6. The number of ketones is 1. The van der Waals surface area contributed by atoms with Crippen LogP contribution in [0.1, 0.15) is 22.2 Å². The lowest BCUT2D eigenvalue weighted by atomic mass is 10.2. The van der Waals surface area contributed by atoms with Crippen molar-refractivity contribution in [2.75, 3.05) is 0 Å². The Kier molecular flexibility index (Phi) is 6.05. The van der Waals surface area contributed by atoms with Crippen LogP contribution in [0.25, 0.3) is 0 Å². The third-order valence-corrected chi connectivity index (χ3v) is 5.75. The van der Waals surface area contributed by atoms with Crippen LogP contribution < -0.4 is 4.72 Å². The monoisotopic (exact) mass is 507 g/mol. The van der Waals surface area contributed by atoms with E-state index in [0.717, 1.165) is 6.07 Å². The van der Waals surface area contributed by atoms with Crippen molar-refractivity contribution in [3.63, 3.8) is 0 Å². The van der Waals surface area contributed by atoms with Crippen molar-refractivity contribution in [3.8, 4) is 0 Å². The minimum atomic E-state index is -4.42. The fraction of sp³-hybridized carbons (Fsp3) is 0.273. The Hall–Kier alpha value is -1.18. The van der Waals surface area contributed by atoms with Crippen molar-refractivity contribution in [2.24, 2.45) is 7.05 Å². The van der Waals surface area contributed by atoms with Crippen LogP contribution in [-0.4, -0.2) is 49.0 Å². The summed E-state index contributed by atoms with van der Waals surface area (Å²) in [7, 11) is -2.94. The van der Waals surface area contributed by atoms with E-state index in [-0.39, 0.29) is 15.9 Å². The predicted molar refractivity (Wildman–Crippen MR) is 94.8 cm³/mol. The molecule has 0 aromatic carbocycles. The number of carboxylic acid groups (broad SMARTS) is 1. The predicted octanol–water partition coefficient (Wildman–Crippen LogP) is 1.56. The van der Waals surface area contributed by atoms with Crippen LogP contribution in [0.4, 0.5) is 0 Å². The van der Waals surface area contributed by atoms with Crippen molar-refractivity contribution in [2.45, 2.75) is 14.9 Å². The van der Waals surface area contributed by atoms with Gasteiger partial charge in [-0.15, -0.1) is 5.10 Å². The molecule has 142 valence electrons. The molecule has 0 aliphatic heterocycles. The highest BCUT2D eigenvalue weighted by atomic mass is 79.9. The van der Waals surface area contributed by atoms with Gasteiger partial charge < -0.3 is 10.1 Å². The lowest BCUT2D eigenvalue weighted by molar-refractivity contribution is -0.139. The van der Waals surface area contributed by atoms with E-state index >= 15 is 0 Å². The van der Waals surface area contributed by atoms with E-state index in [0.29, 0.717) is 0 Å². The number of carbonyl (C=O) groups excluding carboxylic acids is 1. The number of hydrogen-bond donors (Lipinski definition) is 3. The molecular weight excluding hydrogens is 500 g/mol. The summed E-state index contributed by atoms with van der Waals surface area (Å²) < 4.78 is 25.9. The van der Waals surface area contributed by atoms with E-state index in [4.69, 9.17) is 34.8 Å². The summed E-state index contributed by atoms with van der Waals surface area (Å²) in [5, 5.41) is 15.9. The minimum Gasteiger partial charge on any atom is -0.480 e. The average Bonchev–Trinajstić information content (AvgIpc) is 3.09. The van der Waals surface area contributed by atoms with Crippen molar-refractivity contribution < 1.29 is 23.1 Å². The number of aryl methyl sites for hydroxylation is 1. The van der Waals surface area contributed by atoms with E-state index in [1.807, 2.05) is 4.72 Å². The highest BCUT2D eigenvalue weighted by Gasteiger charge is 2.36. The highest BCUT2D eigenvalue weighted by Crippen LogP contribution is 2.32. The molecule has 0 bridgehead atoms. The standard InChI is InChI=1S/C11H9BrCl3N5O5S/c1-20-3-6(17-19-20)7(10(22)23)18-26(24,25)9-4(12)2-5(16-9)8(21)11(13,14)15/h2-3,7,16,18H,1H3,(H,22,23). The van der Waals surface area contributed by atoms with Gasteiger partial charge in [-0.05, 0) is 22.0 Å². The number of Topliss-reactive ketones (excluding diaryl/α,β-unsaturated/α-hetero) is 1. The Morgan fingerprint density at radius 2 is 2.04 bits per heavy atom. The second kappa shape index (κ2) is 7.44. The van der Waals surface area contributed by atoms with Crippen molar-refractivity contribution in [1.29, 1.82) is 0 Å². The maximum absolute atomic E-state index is 12.5. The zero-order valence-corrected chi connectivity index (χ0v) is 17.2. The van der Waals surface area contributed by atoms with Crippen LogP contribution in [0, 0.1) is 0 Å². The summed E-state index contributed by atoms with van der Waals surface area (Å²) in [6, 6.07) is -0.618. The van der Waals surface area contributed by atoms with E-state index in [2.05, 4.69) is 31.2 Å². The molecule has 15 heteroatoms. The molecule has 0 radical (unpaired) electrons. The first-order valence-corrected chi connectivity index (χ1v) is 9.85. The Bertz CT molecular complexity index is 967. The normalized spacial score (nSPS) is 13.6. The van der Waals surface area contributed by atoms with E-state index < -0.39 is 36.6 Å². The maximum Gasteiger partial charge on any atom is 0.328 e. The van der Waals surface area contributed by atoms with E-state index in [1.54, 1.807) is 0 Å². The molecule has 3 N–H and O–H groups in total. The molecule has 1 unspecified atom stereocenters. The second-order valence-electron chi connectivity index (χ2n) is 4.90. The van der Waals surface area contributed by atoms with Crippen LogP contribution >= 0.6 is 50.7 Å². The lowest BCUT2D eigenvalue weighted by Crippen LogP contribution is -2.34. The number of H-pyrrole nitrogens is 1. The molecule has 0 fully saturated rings. The molecule has 0 amide bonds. The average molecular weight is 510 g/mol. The molecule has 26 heavy (non-hydrogen) atoms. The number of nitrogens with one attached hydrogen (secondary N) is 2. The number of aliphatic carboxylic acids is 1. The first kappa shape index (κ1) is 21.1. The summed E-state index contributed by atoms with van der Waals surface area (Å²) >= 11 is 19.4. The molecule has 0 spiro atoms. The van der Waals surface area contributed by atoms with Crippen molar-refractivity contribution in [1.82, 2.24) is 24.7 Å². The second-order valence-corrected chi connectivity index (χ2v) is 9.68. The molecule has 0 aliphatic carbocycles. The van der Waals surface area contributed by atoms with Gasteiger partial charge in [0, 0.05) is 7.05 Å². The summed E-state index contributed by atoms with van der Waals surface area (Å²) in [5.41, 5.74) is -0.438. The summed E-state index contributed by atoms with van der Waals surface area (Å²) in [6.07, 6.45) is 1.24. The van der Waals surface area contributed by atoms with Gasteiger partial charge in [0.05, 0.1) is 16.4 Å². The maximum atomic E-state index is 12.5. The number of aromatic nitrogens is 4. The molecule has 1 atom stereocenters. The minimum absolute atomic E-state index is 0.0640. The number of nitrogens with zero attached hydrogens (tertiary/aromatic N) is 3. The number of sulfonamides is 1. The Balaban J connectivity index is 2.39. The summed E-state index contributed by atoms with van der Waals surface area (Å²) in [6.45, 7) is 0. The summed E-state index contributed by atoms with van der Waals surface area (Å²) in [5.74, 6) is -2.50. The van der Waals surface area contributed by atoms with Gasteiger partial charge in [0.15, 0.2) is 11.1 Å². The largest absolute Gasteiger partial charge is 0.480 e. The van der Waals surface area contributed by atoms with Crippen LogP contribution in [0.3, 0.4) is 0 Å². The van der Waals surface area contributed by atoms with Gasteiger partial charge in [-0.25, -0.2) is 8.42 Å². The van der Waals surface area contributed by atoms with Crippen LogP contribution in [-0.2, 0) is 21.9 Å². The third-order valence-electron chi connectivity index (χ3n) is 2.94. The Morgan fingerprint density at radius 3 is 2.50 bits per heavy atom. The van der Waals surface area contributed by atoms with Gasteiger partial charge in [-0.3, -0.25) is 14.3 Å².